The Morgan fingerprint density at radius 3 is 2.69 bits per heavy atom. The Balaban J connectivity index is 2.04. The van der Waals surface area contributed by atoms with Crippen LogP contribution in [0.5, 0.6) is 0 Å². The van der Waals surface area contributed by atoms with E-state index < -0.39 is 0 Å². The largest absolute Gasteiger partial charge is 0.388 e. The van der Waals surface area contributed by atoms with Crippen molar-refractivity contribution in [1.82, 2.24) is 20.6 Å². The van der Waals surface area contributed by atoms with E-state index in [1.165, 1.54) is 0 Å². The van der Waals surface area contributed by atoms with Gasteiger partial charge in [-0.25, -0.2) is 0 Å². The monoisotopic (exact) mass is 224 g/mol. The van der Waals surface area contributed by atoms with Gasteiger partial charge in [0, 0.05) is 25.7 Å². The fourth-order valence-corrected chi connectivity index (χ4v) is 1.33. The molecule has 0 atom stereocenters. The van der Waals surface area contributed by atoms with Gasteiger partial charge in [0.05, 0.1) is 5.84 Å². The SMILES string of the molecule is N=C(N)CCCC(=O)CCCc1nn[nH]n1. The zero-order chi connectivity index (χ0) is 11.8. The highest BCUT2D eigenvalue weighted by Crippen LogP contribution is 2.03. The van der Waals surface area contributed by atoms with Crippen LogP contribution in [-0.2, 0) is 11.2 Å². The topological polar surface area (TPSA) is 121 Å². The molecule has 0 amide bonds. The second kappa shape index (κ2) is 6.65. The van der Waals surface area contributed by atoms with E-state index in [4.69, 9.17) is 11.1 Å². The summed E-state index contributed by atoms with van der Waals surface area (Å²) in [6.45, 7) is 0. The number of tetrazole rings is 1. The Labute approximate surface area is 93.3 Å². The molecular weight excluding hydrogens is 208 g/mol. The lowest BCUT2D eigenvalue weighted by molar-refractivity contribution is -0.119. The van der Waals surface area contributed by atoms with Crippen molar-refractivity contribution in [1.29, 1.82) is 5.41 Å². The number of hydrogen-bond acceptors (Lipinski definition) is 5. The highest BCUT2D eigenvalue weighted by molar-refractivity contribution is 5.80. The summed E-state index contributed by atoms with van der Waals surface area (Å²) in [5.41, 5.74) is 5.19. The summed E-state index contributed by atoms with van der Waals surface area (Å²) in [7, 11) is 0. The highest BCUT2D eigenvalue weighted by atomic mass is 16.1. The molecule has 0 aliphatic heterocycles. The number of ketones is 1. The summed E-state index contributed by atoms with van der Waals surface area (Å²) in [6.07, 6.45) is 3.57. The maximum Gasteiger partial charge on any atom is 0.174 e. The van der Waals surface area contributed by atoms with Gasteiger partial charge in [0.2, 0.25) is 0 Å². The molecule has 0 aromatic carbocycles. The summed E-state index contributed by atoms with van der Waals surface area (Å²) in [5, 5.41) is 20.4. The van der Waals surface area contributed by atoms with Crippen molar-refractivity contribution in [2.75, 3.05) is 0 Å². The van der Waals surface area contributed by atoms with E-state index in [1.54, 1.807) is 0 Å². The zero-order valence-corrected chi connectivity index (χ0v) is 9.07. The number of H-pyrrole nitrogens is 1. The van der Waals surface area contributed by atoms with Gasteiger partial charge in [0.15, 0.2) is 5.82 Å². The first-order chi connectivity index (χ1) is 7.68. The molecule has 0 bridgehead atoms. The standard InChI is InChI=1S/C9H16N6O/c10-8(11)5-1-3-7(16)4-2-6-9-12-14-15-13-9/h1-6H2,(H3,10,11)(H,12,13,14,15). The lowest BCUT2D eigenvalue weighted by atomic mass is 10.1. The Kier molecular flexibility index (Phi) is 5.10. The highest BCUT2D eigenvalue weighted by Gasteiger charge is 2.04. The van der Waals surface area contributed by atoms with Crippen molar-refractivity contribution in [3.05, 3.63) is 5.82 Å². The van der Waals surface area contributed by atoms with Gasteiger partial charge in [0.1, 0.15) is 5.78 Å². The van der Waals surface area contributed by atoms with Crippen LogP contribution in [0.1, 0.15) is 37.9 Å². The van der Waals surface area contributed by atoms with Crippen molar-refractivity contribution in [2.45, 2.75) is 38.5 Å². The Bertz CT molecular complexity index is 334. The molecule has 1 heterocycles. The van der Waals surface area contributed by atoms with E-state index >= 15 is 0 Å². The van der Waals surface area contributed by atoms with Gasteiger partial charge in [-0.1, -0.05) is 5.21 Å². The number of amidine groups is 1. The molecule has 0 unspecified atom stereocenters. The van der Waals surface area contributed by atoms with E-state index in [-0.39, 0.29) is 11.6 Å². The van der Waals surface area contributed by atoms with E-state index in [0.29, 0.717) is 37.9 Å². The van der Waals surface area contributed by atoms with Gasteiger partial charge in [-0.15, -0.1) is 10.2 Å². The first-order valence-electron chi connectivity index (χ1n) is 5.25. The third-order valence-corrected chi connectivity index (χ3v) is 2.15. The Hall–Kier alpha value is -1.79. The van der Waals surface area contributed by atoms with Crippen LogP contribution in [0.25, 0.3) is 0 Å². The van der Waals surface area contributed by atoms with Gasteiger partial charge >= 0.3 is 0 Å². The summed E-state index contributed by atoms with van der Waals surface area (Å²) in [4.78, 5) is 11.4. The summed E-state index contributed by atoms with van der Waals surface area (Å²) in [5.74, 6) is 0.973. The van der Waals surface area contributed by atoms with Crippen molar-refractivity contribution < 1.29 is 4.79 Å². The van der Waals surface area contributed by atoms with Crippen LogP contribution < -0.4 is 5.73 Å². The number of hydrogen-bond donors (Lipinski definition) is 3. The first kappa shape index (κ1) is 12.3. The summed E-state index contributed by atoms with van der Waals surface area (Å²) in [6, 6.07) is 0. The van der Waals surface area contributed by atoms with Gasteiger partial charge in [-0.3, -0.25) is 10.2 Å². The van der Waals surface area contributed by atoms with Crippen LogP contribution in [0.15, 0.2) is 0 Å². The van der Waals surface area contributed by atoms with Crippen LogP contribution >= 0.6 is 0 Å². The molecule has 16 heavy (non-hydrogen) atoms. The fraction of sp³-hybridized carbons (Fsp3) is 0.667. The molecule has 0 aliphatic rings. The fourth-order valence-electron chi connectivity index (χ4n) is 1.33. The number of Topliss-reactive ketones (excluding diaryl/α,β-unsaturated/α-hetero) is 1. The normalized spacial score (nSPS) is 10.2. The van der Waals surface area contributed by atoms with Crippen molar-refractivity contribution >= 4 is 11.6 Å². The molecule has 0 radical (unpaired) electrons. The number of nitrogens with one attached hydrogen (secondary N) is 2. The third-order valence-electron chi connectivity index (χ3n) is 2.15. The van der Waals surface area contributed by atoms with Gasteiger partial charge in [0.25, 0.3) is 0 Å². The van der Waals surface area contributed by atoms with Crippen molar-refractivity contribution in [3.8, 4) is 0 Å². The molecule has 0 saturated carbocycles. The molecule has 4 N–H and O–H groups in total. The van der Waals surface area contributed by atoms with Gasteiger partial charge in [-0.2, -0.15) is 5.21 Å². The van der Waals surface area contributed by atoms with Crippen LogP contribution in [0, 0.1) is 5.41 Å². The average Bonchev–Trinajstić information content (AvgIpc) is 2.70. The maximum atomic E-state index is 11.4. The Morgan fingerprint density at radius 2 is 2.06 bits per heavy atom. The number of aromatic amines is 1. The van der Waals surface area contributed by atoms with Crippen LogP contribution in [-0.4, -0.2) is 32.2 Å². The number of nitrogens with two attached hydrogens (primary N) is 1. The number of aryl methyl sites for hydroxylation is 1. The molecule has 0 fully saturated rings. The van der Waals surface area contributed by atoms with Gasteiger partial charge in [-0.05, 0) is 12.8 Å². The number of carbonyl (C=O) groups excluding carboxylic acids is 1. The second-order valence-electron chi connectivity index (χ2n) is 3.60. The second-order valence-corrected chi connectivity index (χ2v) is 3.60. The van der Waals surface area contributed by atoms with E-state index in [0.717, 1.165) is 6.42 Å². The number of nitrogens with zero attached hydrogens (tertiary/aromatic N) is 3. The summed E-state index contributed by atoms with van der Waals surface area (Å²) < 4.78 is 0. The predicted octanol–water partition coefficient (Wildman–Crippen LogP) is 0.198. The molecule has 1 rings (SSSR count). The maximum absolute atomic E-state index is 11.4. The van der Waals surface area contributed by atoms with Crippen LogP contribution in [0.2, 0.25) is 0 Å². The van der Waals surface area contributed by atoms with E-state index in [2.05, 4.69) is 20.6 Å². The lowest BCUT2D eigenvalue weighted by Gasteiger charge is -1.99. The minimum absolute atomic E-state index is 0.139. The summed E-state index contributed by atoms with van der Waals surface area (Å²) >= 11 is 0. The predicted molar refractivity (Wildman–Crippen MR) is 57.9 cm³/mol. The van der Waals surface area contributed by atoms with Crippen LogP contribution in [0.4, 0.5) is 0 Å². The molecule has 0 saturated heterocycles. The van der Waals surface area contributed by atoms with Crippen molar-refractivity contribution in [3.63, 3.8) is 0 Å². The van der Waals surface area contributed by atoms with Crippen LogP contribution in [0.3, 0.4) is 0 Å². The molecule has 1 aromatic heterocycles. The molecule has 1 aromatic rings. The zero-order valence-electron chi connectivity index (χ0n) is 9.07. The van der Waals surface area contributed by atoms with Gasteiger partial charge < -0.3 is 5.73 Å². The number of aromatic nitrogens is 4. The Morgan fingerprint density at radius 1 is 1.31 bits per heavy atom. The minimum atomic E-state index is 0.139. The quantitative estimate of drug-likeness (QED) is 0.430. The van der Waals surface area contributed by atoms with E-state index in [1.807, 2.05) is 0 Å². The smallest absolute Gasteiger partial charge is 0.174 e. The van der Waals surface area contributed by atoms with Crippen molar-refractivity contribution in [2.24, 2.45) is 5.73 Å². The molecule has 88 valence electrons. The third kappa shape index (κ3) is 5.18. The molecular formula is C9H16N6O. The molecule has 7 heteroatoms. The average molecular weight is 224 g/mol. The number of rotatable bonds is 8. The lowest BCUT2D eigenvalue weighted by Crippen LogP contribution is -2.10. The molecule has 0 spiro atoms. The first-order valence-corrected chi connectivity index (χ1v) is 5.25. The molecule has 0 aliphatic carbocycles. The minimum Gasteiger partial charge on any atom is -0.388 e. The van der Waals surface area contributed by atoms with E-state index in [9.17, 15) is 4.79 Å². The molecule has 7 nitrogen and oxygen atoms in total. The number of carbonyl (C=O) groups is 1.